The second-order valence-corrected chi connectivity index (χ2v) is 5.37. The first-order valence-electron chi connectivity index (χ1n) is 6.99. The van der Waals surface area contributed by atoms with Crippen molar-refractivity contribution in [2.24, 2.45) is 5.92 Å². The lowest BCUT2D eigenvalue weighted by molar-refractivity contribution is -0.127. The van der Waals surface area contributed by atoms with Gasteiger partial charge in [0.1, 0.15) is 6.04 Å². The zero-order valence-corrected chi connectivity index (χ0v) is 11.0. The third kappa shape index (κ3) is 3.45. The summed E-state index contributed by atoms with van der Waals surface area (Å²) in [5.41, 5.74) is 0. The molecule has 0 aromatic carbocycles. The molecule has 102 valence electrons. The molecule has 1 unspecified atom stereocenters. The lowest BCUT2D eigenvalue weighted by atomic mass is 9.84. The van der Waals surface area contributed by atoms with Gasteiger partial charge in [-0.15, -0.1) is 0 Å². The largest absolute Gasteiger partial charge is 0.353 e. The fourth-order valence-corrected chi connectivity index (χ4v) is 2.77. The van der Waals surface area contributed by atoms with Gasteiger partial charge in [-0.25, -0.2) is 0 Å². The Hall–Kier alpha value is -1.10. The lowest BCUT2D eigenvalue weighted by Gasteiger charge is -2.30. The highest BCUT2D eigenvalue weighted by atomic mass is 16.2. The summed E-state index contributed by atoms with van der Waals surface area (Å²) in [5, 5.41) is 8.75. The number of piperazine rings is 1. The Morgan fingerprint density at radius 2 is 2.06 bits per heavy atom. The van der Waals surface area contributed by atoms with Crippen molar-refractivity contribution in [2.75, 3.05) is 13.1 Å². The van der Waals surface area contributed by atoms with Crippen LogP contribution in [0.1, 0.15) is 39.0 Å². The van der Waals surface area contributed by atoms with Crippen molar-refractivity contribution in [2.45, 2.75) is 51.1 Å². The van der Waals surface area contributed by atoms with E-state index in [-0.39, 0.29) is 24.4 Å². The van der Waals surface area contributed by atoms with Gasteiger partial charge in [0, 0.05) is 12.6 Å². The van der Waals surface area contributed by atoms with Crippen LogP contribution in [0.5, 0.6) is 0 Å². The summed E-state index contributed by atoms with van der Waals surface area (Å²) < 4.78 is 0. The van der Waals surface area contributed by atoms with Crippen molar-refractivity contribution in [3.8, 4) is 0 Å². The van der Waals surface area contributed by atoms with E-state index in [4.69, 9.17) is 0 Å². The minimum absolute atomic E-state index is 0.0231. The Kier molecular flexibility index (Phi) is 4.58. The van der Waals surface area contributed by atoms with E-state index in [1.165, 1.54) is 19.3 Å². The molecule has 18 heavy (non-hydrogen) atoms. The Labute approximate surface area is 108 Å². The molecule has 2 fully saturated rings. The van der Waals surface area contributed by atoms with Crippen LogP contribution in [0.15, 0.2) is 0 Å². The van der Waals surface area contributed by atoms with Crippen molar-refractivity contribution in [1.29, 1.82) is 0 Å². The van der Waals surface area contributed by atoms with Gasteiger partial charge in [0.05, 0.1) is 6.54 Å². The second kappa shape index (κ2) is 6.18. The maximum Gasteiger partial charge on any atom is 0.239 e. The van der Waals surface area contributed by atoms with E-state index in [2.05, 4.69) is 22.9 Å². The van der Waals surface area contributed by atoms with Crippen molar-refractivity contribution < 1.29 is 9.59 Å². The van der Waals surface area contributed by atoms with E-state index >= 15 is 0 Å². The topological polar surface area (TPSA) is 70.2 Å². The van der Waals surface area contributed by atoms with Gasteiger partial charge in [0.25, 0.3) is 0 Å². The number of amides is 2. The number of carbonyl (C=O) groups is 2. The molecular formula is C13H23N3O2. The Morgan fingerprint density at radius 1 is 1.33 bits per heavy atom. The highest BCUT2D eigenvalue weighted by molar-refractivity contribution is 5.86. The maximum absolute atomic E-state index is 12.0. The van der Waals surface area contributed by atoms with Gasteiger partial charge in [-0.1, -0.05) is 13.3 Å². The number of carbonyl (C=O) groups excluding carboxylic acids is 2. The molecule has 3 N–H and O–H groups in total. The van der Waals surface area contributed by atoms with Crippen molar-refractivity contribution in [3.63, 3.8) is 0 Å². The van der Waals surface area contributed by atoms with Gasteiger partial charge in [-0.2, -0.15) is 0 Å². The van der Waals surface area contributed by atoms with Crippen LogP contribution < -0.4 is 16.0 Å². The first-order valence-corrected chi connectivity index (χ1v) is 6.99. The van der Waals surface area contributed by atoms with Crippen LogP contribution in [-0.4, -0.2) is 37.0 Å². The highest BCUT2D eigenvalue weighted by Gasteiger charge is 2.27. The quantitative estimate of drug-likeness (QED) is 0.671. The maximum atomic E-state index is 12.0. The Balaban J connectivity index is 1.73. The molecular weight excluding hydrogens is 230 g/mol. The molecule has 2 rings (SSSR count). The first-order chi connectivity index (χ1) is 8.69. The molecule has 2 amide bonds. The van der Waals surface area contributed by atoms with Gasteiger partial charge < -0.3 is 10.6 Å². The highest BCUT2D eigenvalue weighted by Crippen LogP contribution is 2.26. The molecule has 0 bridgehead atoms. The fraction of sp³-hybridized carbons (Fsp3) is 0.846. The summed E-state index contributed by atoms with van der Waals surface area (Å²) in [6.45, 7) is 2.87. The van der Waals surface area contributed by atoms with E-state index < -0.39 is 0 Å². The van der Waals surface area contributed by atoms with E-state index in [1.807, 2.05) is 0 Å². The van der Waals surface area contributed by atoms with Crippen LogP contribution in [0.3, 0.4) is 0 Å². The molecule has 1 atom stereocenters. The molecule has 0 radical (unpaired) electrons. The van der Waals surface area contributed by atoms with Crippen LogP contribution in [0, 0.1) is 5.92 Å². The van der Waals surface area contributed by atoms with Crippen LogP contribution in [-0.2, 0) is 9.59 Å². The van der Waals surface area contributed by atoms with E-state index in [1.54, 1.807) is 0 Å². The minimum Gasteiger partial charge on any atom is -0.353 e. The van der Waals surface area contributed by atoms with Crippen LogP contribution >= 0.6 is 0 Å². The summed E-state index contributed by atoms with van der Waals surface area (Å²) >= 11 is 0. The van der Waals surface area contributed by atoms with Gasteiger partial charge in [0.15, 0.2) is 0 Å². The smallest absolute Gasteiger partial charge is 0.239 e. The molecule has 1 heterocycles. The zero-order chi connectivity index (χ0) is 13.0. The van der Waals surface area contributed by atoms with Crippen LogP contribution in [0.2, 0.25) is 0 Å². The molecule has 1 saturated heterocycles. The molecule has 1 aliphatic heterocycles. The zero-order valence-electron chi connectivity index (χ0n) is 11.0. The van der Waals surface area contributed by atoms with E-state index in [0.717, 1.165) is 18.8 Å². The third-order valence-electron chi connectivity index (χ3n) is 4.10. The summed E-state index contributed by atoms with van der Waals surface area (Å²) in [7, 11) is 0. The van der Waals surface area contributed by atoms with Crippen molar-refractivity contribution >= 4 is 11.8 Å². The SMILES string of the molecule is CCC1CCC(NC(=O)C2CNC(=O)CN2)CC1. The predicted octanol–water partition coefficient (Wildman–Crippen LogP) is 0.159. The van der Waals surface area contributed by atoms with Crippen LogP contribution in [0.4, 0.5) is 0 Å². The molecule has 5 heteroatoms. The average molecular weight is 253 g/mol. The molecule has 0 aromatic rings. The summed E-state index contributed by atoms with van der Waals surface area (Å²) in [6, 6.07) is 0.0475. The normalized spacial score (nSPS) is 32.7. The predicted molar refractivity (Wildman–Crippen MR) is 69.0 cm³/mol. The molecule has 1 aliphatic carbocycles. The summed E-state index contributed by atoms with van der Waals surface area (Å²) in [4.78, 5) is 23.0. The van der Waals surface area contributed by atoms with E-state index in [0.29, 0.717) is 12.6 Å². The Bertz CT molecular complexity index is 301. The van der Waals surface area contributed by atoms with Crippen LogP contribution in [0.25, 0.3) is 0 Å². The third-order valence-corrected chi connectivity index (χ3v) is 4.10. The van der Waals surface area contributed by atoms with Gasteiger partial charge >= 0.3 is 0 Å². The number of hydrogen-bond acceptors (Lipinski definition) is 3. The molecule has 2 aliphatic rings. The summed E-state index contributed by atoms with van der Waals surface area (Å²) in [5.74, 6) is 0.822. The van der Waals surface area contributed by atoms with Gasteiger partial charge in [-0.05, 0) is 31.6 Å². The molecule has 5 nitrogen and oxygen atoms in total. The number of rotatable bonds is 3. The number of nitrogens with one attached hydrogen (secondary N) is 3. The van der Waals surface area contributed by atoms with Crippen molar-refractivity contribution in [3.05, 3.63) is 0 Å². The summed E-state index contributed by atoms with van der Waals surface area (Å²) in [6.07, 6.45) is 5.86. The second-order valence-electron chi connectivity index (χ2n) is 5.37. The first kappa shape index (κ1) is 13.3. The standard InChI is InChI=1S/C13H23N3O2/c1-2-9-3-5-10(6-4-9)16-13(18)11-7-15-12(17)8-14-11/h9-11,14H,2-8H2,1H3,(H,15,17)(H,16,18). The Morgan fingerprint density at radius 3 is 2.61 bits per heavy atom. The average Bonchev–Trinajstić information content (AvgIpc) is 2.40. The molecule has 0 aromatic heterocycles. The monoisotopic (exact) mass is 253 g/mol. The molecule has 1 saturated carbocycles. The van der Waals surface area contributed by atoms with Gasteiger partial charge in [-0.3, -0.25) is 14.9 Å². The van der Waals surface area contributed by atoms with E-state index in [9.17, 15) is 9.59 Å². The van der Waals surface area contributed by atoms with Crippen molar-refractivity contribution in [1.82, 2.24) is 16.0 Å². The molecule has 0 spiro atoms. The minimum atomic E-state index is -0.272. The number of hydrogen-bond donors (Lipinski definition) is 3. The fourth-order valence-electron chi connectivity index (χ4n) is 2.77. The lowest BCUT2D eigenvalue weighted by Crippen LogP contribution is -2.59. The van der Waals surface area contributed by atoms with Gasteiger partial charge in [0.2, 0.25) is 11.8 Å².